The van der Waals surface area contributed by atoms with Crippen LogP contribution in [-0.2, 0) is 16.1 Å². The van der Waals surface area contributed by atoms with Crippen LogP contribution in [0.4, 0.5) is 8.78 Å². The van der Waals surface area contributed by atoms with E-state index in [1.165, 1.54) is 32.4 Å². The average molecular weight is 408 g/mol. The van der Waals surface area contributed by atoms with Crippen LogP contribution in [0.2, 0.25) is 0 Å². The third-order valence-electron chi connectivity index (χ3n) is 3.74. The van der Waals surface area contributed by atoms with Crippen molar-refractivity contribution in [2.75, 3.05) is 20.8 Å². The molecule has 0 atom stereocenters. The SMILES string of the molecule is CC=Cc1ccc(OCC(=O)OCc2ccc(OC(F)F)c(OC)c2)c(OC)c1. The second-order valence-corrected chi connectivity index (χ2v) is 5.72. The summed E-state index contributed by atoms with van der Waals surface area (Å²) in [6.07, 6.45) is 3.81. The fourth-order valence-corrected chi connectivity index (χ4v) is 2.44. The first-order valence-corrected chi connectivity index (χ1v) is 8.67. The highest BCUT2D eigenvalue weighted by atomic mass is 19.3. The second kappa shape index (κ2) is 10.9. The molecule has 0 aliphatic rings. The minimum Gasteiger partial charge on any atom is -0.493 e. The molecule has 6 nitrogen and oxygen atoms in total. The Labute approximate surface area is 167 Å². The Morgan fingerprint density at radius 2 is 1.69 bits per heavy atom. The number of rotatable bonds is 10. The number of allylic oxidation sites excluding steroid dienone is 1. The number of carbonyl (C=O) groups is 1. The van der Waals surface area contributed by atoms with Crippen molar-refractivity contribution in [1.82, 2.24) is 0 Å². The molecule has 156 valence electrons. The molecule has 2 aromatic carbocycles. The van der Waals surface area contributed by atoms with E-state index in [9.17, 15) is 13.6 Å². The zero-order chi connectivity index (χ0) is 21.2. The molecule has 0 N–H and O–H groups in total. The average Bonchev–Trinajstić information content (AvgIpc) is 2.71. The number of halogens is 2. The van der Waals surface area contributed by atoms with E-state index in [1.54, 1.807) is 12.1 Å². The van der Waals surface area contributed by atoms with E-state index in [-0.39, 0.29) is 24.7 Å². The van der Waals surface area contributed by atoms with Gasteiger partial charge in [-0.2, -0.15) is 8.78 Å². The number of esters is 1. The molecule has 0 saturated heterocycles. The Morgan fingerprint density at radius 1 is 1.00 bits per heavy atom. The van der Waals surface area contributed by atoms with Gasteiger partial charge in [-0.3, -0.25) is 0 Å². The molecule has 0 bridgehead atoms. The van der Waals surface area contributed by atoms with E-state index in [1.807, 2.05) is 25.1 Å². The standard InChI is InChI=1S/C21H22F2O6/c1-4-5-14-6-8-16(18(10-14)25-2)27-13-20(24)28-12-15-7-9-17(29-21(22)23)19(11-15)26-3/h4-11,21H,12-13H2,1-3H3. The highest BCUT2D eigenvalue weighted by molar-refractivity contribution is 5.71. The molecular formula is C21H22F2O6. The van der Waals surface area contributed by atoms with E-state index in [0.717, 1.165) is 5.56 Å². The fourth-order valence-electron chi connectivity index (χ4n) is 2.44. The topological polar surface area (TPSA) is 63.2 Å². The van der Waals surface area contributed by atoms with Crippen molar-refractivity contribution in [1.29, 1.82) is 0 Å². The number of hydrogen-bond donors (Lipinski definition) is 0. The summed E-state index contributed by atoms with van der Waals surface area (Å²) in [5, 5.41) is 0. The first-order chi connectivity index (χ1) is 14.0. The van der Waals surface area contributed by atoms with Crippen LogP contribution in [0.15, 0.2) is 42.5 Å². The van der Waals surface area contributed by atoms with Crippen LogP contribution in [0, 0.1) is 0 Å². The van der Waals surface area contributed by atoms with Crippen LogP contribution in [0.5, 0.6) is 23.0 Å². The molecule has 0 saturated carbocycles. The maximum absolute atomic E-state index is 12.4. The van der Waals surface area contributed by atoms with Crippen LogP contribution >= 0.6 is 0 Å². The molecule has 0 spiro atoms. The molecule has 2 rings (SSSR count). The zero-order valence-corrected chi connectivity index (χ0v) is 16.3. The number of ether oxygens (including phenoxy) is 5. The van der Waals surface area contributed by atoms with Gasteiger partial charge in [-0.05, 0) is 42.3 Å². The minimum absolute atomic E-state index is 0.0785. The molecule has 29 heavy (non-hydrogen) atoms. The fraction of sp³-hybridized carbons (Fsp3) is 0.286. The van der Waals surface area contributed by atoms with Crippen molar-refractivity contribution < 1.29 is 37.3 Å². The number of carbonyl (C=O) groups excluding carboxylic acids is 1. The van der Waals surface area contributed by atoms with Gasteiger partial charge >= 0.3 is 12.6 Å². The summed E-state index contributed by atoms with van der Waals surface area (Å²) in [5.74, 6) is 0.313. The lowest BCUT2D eigenvalue weighted by Gasteiger charge is -2.13. The molecule has 0 aliphatic carbocycles. The number of alkyl halides is 2. The smallest absolute Gasteiger partial charge is 0.387 e. The van der Waals surface area contributed by atoms with Crippen LogP contribution in [0.1, 0.15) is 18.1 Å². The number of benzene rings is 2. The van der Waals surface area contributed by atoms with E-state index in [2.05, 4.69) is 4.74 Å². The third-order valence-corrected chi connectivity index (χ3v) is 3.74. The monoisotopic (exact) mass is 408 g/mol. The highest BCUT2D eigenvalue weighted by Crippen LogP contribution is 2.30. The third kappa shape index (κ3) is 6.67. The molecule has 0 aliphatic heterocycles. The molecule has 0 fully saturated rings. The van der Waals surface area contributed by atoms with Gasteiger partial charge in [0, 0.05) is 0 Å². The van der Waals surface area contributed by atoms with Gasteiger partial charge < -0.3 is 23.7 Å². The summed E-state index contributed by atoms with van der Waals surface area (Å²) >= 11 is 0. The van der Waals surface area contributed by atoms with E-state index in [4.69, 9.17) is 18.9 Å². The highest BCUT2D eigenvalue weighted by Gasteiger charge is 2.13. The van der Waals surface area contributed by atoms with Crippen LogP contribution in [0.25, 0.3) is 6.08 Å². The Balaban J connectivity index is 1.92. The van der Waals surface area contributed by atoms with Crippen molar-refractivity contribution in [2.45, 2.75) is 20.1 Å². The van der Waals surface area contributed by atoms with Crippen molar-refractivity contribution in [3.05, 3.63) is 53.6 Å². The first kappa shape index (κ1) is 22.0. The lowest BCUT2D eigenvalue weighted by atomic mass is 10.2. The Bertz CT molecular complexity index is 851. The predicted octanol–water partition coefficient (Wildman–Crippen LogP) is 4.46. The molecule has 0 heterocycles. The molecular weight excluding hydrogens is 386 g/mol. The first-order valence-electron chi connectivity index (χ1n) is 8.67. The van der Waals surface area contributed by atoms with E-state index < -0.39 is 12.6 Å². The van der Waals surface area contributed by atoms with Gasteiger partial charge in [-0.25, -0.2) is 4.79 Å². The molecule has 0 amide bonds. The van der Waals surface area contributed by atoms with Gasteiger partial charge in [0.2, 0.25) is 0 Å². The van der Waals surface area contributed by atoms with Crippen molar-refractivity contribution in [3.63, 3.8) is 0 Å². The molecule has 0 aromatic heterocycles. The van der Waals surface area contributed by atoms with Gasteiger partial charge in [0.15, 0.2) is 29.6 Å². The zero-order valence-electron chi connectivity index (χ0n) is 16.3. The number of hydrogen-bond acceptors (Lipinski definition) is 6. The van der Waals surface area contributed by atoms with E-state index >= 15 is 0 Å². The Kier molecular flexibility index (Phi) is 8.27. The Hall–Kier alpha value is -3.29. The normalized spacial score (nSPS) is 10.8. The molecule has 8 heteroatoms. The van der Waals surface area contributed by atoms with Gasteiger partial charge in [0.1, 0.15) is 6.61 Å². The quantitative estimate of drug-likeness (QED) is 0.541. The van der Waals surface area contributed by atoms with Crippen LogP contribution < -0.4 is 18.9 Å². The summed E-state index contributed by atoms with van der Waals surface area (Å²) < 4.78 is 50.0. The molecule has 2 aromatic rings. The van der Waals surface area contributed by atoms with Gasteiger partial charge in [0.25, 0.3) is 0 Å². The molecule has 0 radical (unpaired) electrons. The minimum atomic E-state index is -2.96. The summed E-state index contributed by atoms with van der Waals surface area (Å²) in [7, 11) is 2.83. The molecule has 0 unspecified atom stereocenters. The lowest BCUT2D eigenvalue weighted by molar-refractivity contribution is -0.147. The van der Waals surface area contributed by atoms with Crippen LogP contribution in [-0.4, -0.2) is 33.4 Å². The van der Waals surface area contributed by atoms with Crippen molar-refractivity contribution in [2.24, 2.45) is 0 Å². The van der Waals surface area contributed by atoms with Gasteiger partial charge in [-0.15, -0.1) is 0 Å². The lowest BCUT2D eigenvalue weighted by Crippen LogP contribution is -2.15. The van der Waals surface area contributed by atoms with Crippen LogP contribution in [0.3, 0.4) is 0 Å². The van der Waals surface area contributed by atoms with Gasteiger partial charge in [-0.1, -0.05) is 24.3 Å². The largest absolute Gasteiger partial charge is 0.493 e. The summed E-state index contributed by atoms with van der Waals surface area (Å²) in [5.41, 5.74) is 1.48. The summed E-state index contributed by atoms with van der Waals surface area (Å²) in [4.78, 5) is 12.0. The van der Waals surface area contributed by atoms with Crippen molar-refractivity contribution in [3.8, 4) is 23.0 Å². The Morgan fingerprint density at radius 3 is 2.34 bits per heavy atom. The summed E-state index contributed by atoms with van der Waals surface area (Å²) in [6, 6.07) is 9.59. The van der Waals surface area contributed by atoms with E-state index in [0.29, 0.717) is 17.1 Å². The number of methoxy groups -OCH3 is 2. The maximum atomic E-state index is 12.4. The van der Waals surface area contributed by atoms with Gasteiger partial charge in [0.05, 0.1) is 14.2 Å². The maximum Gasteiger partial charge on any atom is 0.387 e. The summed E-state index contributed by atoms with van der Waals surface area (Å²) in [6.45, 7) is -1.45. The predicted molar refractivity (Wildman–Crippen MR) is 103 cm³/mol. The van der Waals surface area contributed by atoms with Crippen molar-refractivity contribution >= 4 is 12.0 Å². The second-order valence-electron chi connectivity index (χ2n) is 5.72.